The van der Waals surface area contributed by atoms with Crippen molar-refractivity contribution in [1.29, 1.82) is 0 Å². The summed E-state index contributed by atoms with van der Waals surface area (Å²) in [7, 11) is 0. The number of aryl methyl sites for hydroxylation is 1. The maximum Gasteiger partial charge on any atom is 0.320 e. The number of carboxylic acids is 1. The first-order valence-electron chi connectivity index (χ1n) is 5.44. The van der Waals surface area contributed by atoms with Crippen LogP contribution in [0.25, 0.3) is 0 Å². The zero-order valence-corrected chi connectivity index (χ0v) is 9.56. The Morgan fingerprint density at radius 2 is 2.12 bits per heavy atom. The van der Waals surface area contributed by atoms with Gasteiger partial charge in [0, 0.05) is 6.42 Å². The van der Waals surface area contributed by atoms with Crippen molar-refractivity contribution in [2.75, 3.05) is 0 Å². The molecule has 1 heterocycles. The first kappa shape index (κ1) is 12.6. The number of nitrogens with zero attached hydrogens (tertiary/aromatic N) is 2. The first-order chi connectivity index (χ1) is 7.67. The highest BCUT2D eigenvalue weighted by atomic mass is 16.4. The lowest BCUT2D eigenvalue weighted by atomic mass is 10.2. The Morgan fingerprint density at radius 3 is 2.62 bits per heavy atom. The van der Waals surface area contributed by atoms with Crippen LogP contribution in [0.3, 0.4) is 0 Å². The number of aliphatic carboxylic acids is 1. The molecule has 16 heavy (non-hydrogen) atoms. The Balaban J connectivity index is 2.45. The molecule has 6 heteroatoms. The van der Waals surface area contributed by atoms with E-state index in [0.717, 1.165) is 6.42 Å². The summed E-state index contributed by atoms with van der Waals surface area (Å²) in [4.78, 5) is 10.8. The highest BCUT2D eigenvalue weighted by Gasteiger charge is 2.16. The summed E-state index contributed by atoms with van der Waals surface area (Å²) in [5, 5.41) is 19.4. The highest BCUT2D eigenvalue weighted by Crippen LogP contribution is 2.02. The molecule has 0 saturated carbocycles. The van der Waals surface area contributed by atoms with E-state index < -0.39 is 12.0 Å². The van der Waals surface area contributed by atoms with Gasteiger partial charge in [0.05, 0.1) is 6.54 Å². The Morgan fingerprint density at radius 1 is 1.44 bits per heavy atom. The zero-order valence-electron chi connectivity index (χ0n) is 9.56. The van der Waals surface area contributed by atoms with Crippen LogP contribution < -0.4 is 5.32 Å². The lowest BCUT2D eigenvalue weighted by Crippen LogP contribution is -2.36. The number of aromatic nitrogens is 2. The second-order valence-corrected chi connectivity index (χ2v) is 3.50. The second-order valence-electron chi connectivity index (χ2n) is 3.50. The van der Waals surface area contributed by atoms with Crippen molar-refractivity contribution < 1.29 is 14.3 Å². The molecule has 0 radical (unpaired) electrons. The van der Waals surface area contributed by atoms with E-state index in [0.29, 0.717) is 31.2 Å². The van der Waals surface area contributed by atoms with E-state index in [9.17, 15) is 4.79 Å². The van der Waals surface area contributed by atoms with Crippen LogP contribution in [0.15, 0.2) is 4.42 Å². The topological polar surface area (TPSA) is 88.3 Å². The van der Waals surface area contributed by atoms with Crippen LogP contribution >= 0.6 is 0 Å². The molecule has 0 aromatic carbocycles. The van der Waals surface area contributed by atoms with Crippen LogP contribution in [0.1, 0.15) is 38.5 Å². The Kier molecular flexibility index (Phi) is 4.91. The number of nitrogens with one attached hydrogen (secondary N) is 1. The monoisotopic (exact) mass is 227 g/mol. The van der Waals surface area contributed by atoms with Crippen LogP contribution in [-0.2, 0) is 17.8 Å². The van der Waals surface area contributed by atoms with Gasteiger partial charge in [-0.1, -0.05) is 20.3 Å². The van der Waals surface area contributed by atoms with Crippen molar-refractivity contribution in [3.05, 3.63) is 11.8 Å². The minimum absolute atomic E-state index is 0.296. The van der Waals surface area contributed by atoms with Crippen LogP contribution in [0.5, 0.6) is 0 Å². The van der Waals surface area contributed by atoms with Crippen LogP contribution in [0.4, 0.5) is 0 Å². The van der Waals surface area contributed by atoms with E-state index in [2.05, 4.69) is 15.5 Å². The van der Waals surface area contributed by atoms with Gasteiger partial charge in [-0.25, -0.2) is 0 Å². The van der Waals surface area contributed by atoms with Crippen LogP contribution in [0, 0.1) is 0 Å². The van der Waals surface area contributed by atoms with Crippen molar-refractivity contribution >= 4 is 5.97 Å². The van der Waals surface area contributed by atoms with E-state index in [4.69, 9.17) is 9.52 Å². The van der Waals surface area contributed by atoms with Gasteiger partial charge in [0.1, 0.15) is 6.04 Å². The van der Waals surface area contributed by atoms with Crippen LogP contribution in [-0.4, -0.2) is 27.3 Å². The summed E-state index contributed by atoms with van der Waals surface area (Å²) in [5.41, 5.74) is 0. The average Bonchev–Trinajstić information content (AvgIpc) is 2.71. The average molecular weight is 227 g/mol. The fourth-order valence-corrected chi connectivity index (χ4v) is 1.31. The highest BCUT2D eigenvalue weighted by molar-refractivity contribution is 5.73. The first-order valence-corrected chi connectivity index (χ1v) is 5.44. The molecule has 0 bridgehead atoms. The van der Waals surface area contributed by atoms with Gasteiger partial charge in [-0.3, -0.25) is 10.1 Å². The molecule has 1 aromatic rings. The number of carbonyl (C=O) groups is 1. The van der Waals surface area contributed by atoms with Crippen molar-refractivity contribution in [3.63, 3.8) is 0 Å². The van der Waals surface area contributed by atoms with E-state index in [-0.39, 0.29) is 0 Å². The zero-order chi connectivity index (χ0) is 12.0. The summed E-state index contributed by atoms with van der Waals surface area (Å²) in [5.74, 6) is 0.149. The summed E-state index contributed by atoms with van der Waals surface area (Å²) < 4.78 is 5.26. The molecule has 1 atom stereocenters. The predicted octanol–water partition coefficient (Wildman–Crippen LogP) is 0.975. The summed E-state index contributed by atoms with van der Waals surface area (Å²) in [6, 6.07) is -0.554. The van der Waals surface area contributed by atoms with Crippen molar-refractivity contribution in [2.24, 2.45) is 0 Å². The van der Waals surface area contributed by atoms with E-state index in [1.54, 1.807) is 0 Å². The van der Waals surface area contributed by atoms with Gasteiger partial charge < -0.3 is 9.52 Å². The lowest BCUT2D eigenvalue weighted by molar-refractivity contribution is -0.139. The molecular weight excluding hydrogens is 210 g/mol. The molecule has 90 valence electrons. The molecule has 0 aliphatic heterocycles. The van der Waals surface area contributed by atoms with Crippen LogP contribution in [0.2, 0.25) is 0 Å². The molecule has 0 spiro atoms. The van der Waals surface area contributed by atoms with Gasteiger partial charge >= 0.3 is 5.97 Å². The van der Waals surface area contributed by atoms with Crippen molar-refractivity contribution in [1.82, 2.24) is 15.5 Å². The number of carboxylic acid groups (broad SMARTS) is 1. The van der Waals surface area contributed by atoms with Gasteiger partial charge in [0.2, 0.25) is 11.8 Å². The molecule has 0 fully saturated rings. The second kappa shape index (κ2) is 6.22. The Hall–Kier alpha value is -1.43. The predicted molar refractivity (Wildman–Crippen MR) is 56.8 cm³/mol. The molecule has 0 aliphatic rings. The number of hydrogen-bond donors (Lipinski definition) is 2. The molecular formula is C10H17N3O3. The molecule has 6 nitrogen and oxygen atoms in total. The summed E-state index contributed by atoms with van der Waals surface area (Å²) >= 11 is 0. The number of hydrogen-bond acceptors (Lipinski definition) is 5. The maximum atomic E-state index is 10.8. The third-order valence-electron chi connectivity index (χ3n) is 2.19. The van der Waals surface area contributed by atoms with Gasteiger partial charge in [-0.15, -0.1) is 10.2 Å². The fraction of sp³-hybridized carbons (Fsp3) is 0.700. The molecule has 1 rings (SSSR count). The normalized spacial score (nSPS) is 12.6. The third kappa shape index (κ3) is 3.62. The van der Waals surface area contributed by atoms with Gasteiger partial charge in [0.25, 0.3) is 0 Å². The third-order valence-corrected chi connectivity index (χ3v) is 2.19. The van der Waals surface area contributed by atoms with Crippen molar-refractivity contribution in [3.8, 4) is 0 Å². The Labute approximate surface area is 94.1 Å². The van der Waals surface area contributed by atoms with Gasteiger partial charge in [0.15, 0.2) is 0 Å². The van der Waals surface area contributed by atoms with Crippen molar-refractivity contribution in [2.45, 2.75) is 45.7 Å². The van der Waals surface area contributed by atoms with E-state index in [1.165, 1.54) is 0 Å². The van der Waals surface area contributed by atoms with Gasteiger partial charge in [-0.2, -0.15) is 0 Å². The molecule has 1 unspecified atom stereocenters. The minimum atomic E-state index is -0.850. The fourth-order valence-electron chi connectivity index (χ4n) is 1.31. The summed E-state index contributed by atoms with van der Waals surface area (Å²) in [6.45, 7) is 4.16. The molecule has 1 aromatic heterocycles. The number of rotatable bonds is 7. The molecule has 0 aliphatic carbocycles. The largest absolute Gasteiger partial charge is 0.480 e. The lowest BCUT2D eigenvalue weighted by Gasteiger charge is -2.11. The molecule has 0 saturated heterocycles. The summed E-state index contributed by atoms with van der Waals surface area (Å²) in [6.07, 6.45) is 2.09. The molecule has 2 N–H and O–H groups in total. The quantitative estimate of drug-likeness (QED) is 0.721. The SMILES string of the molecule is CCCC(NCc1nnc(CC)o1)C(=O)O. The maximum absolute atomic E-state index is 10.8. The minimum Gasteiger partial charge on any atom is -0.480 e. The van der Waals surface area contributed by atoms with E-state index >= 15 is 0 Å². The standard InChI is InChI=1S/C10H17N3O3/c1-3-5-7(10(14)15)11-6-9-13-12-8(4-2)16-9/h7,11H,3-6H2,1-2H3,(H,14,15). The Bertz CT molecular complexity index is 338. The smallest absolute Gasteiger partial charge is 0.320 e. The molecule has 0 amide bonds. The van der Waals surface area contributed by atoms with Gasteiger partial charge in [-0.05, 0) is 6.42 Å². The van der Waals surface area contributed by atoms with E-state index in [1.807, 2.05) is 13.8 Å².